The van der Waals surface area contributed by atoms with Gasteiger partial charge in [-0.15, -0.1) is 0 Å². The van der Waals surface area contributed by atoms with Gasteiger partial charge in [0.05, 0.1) is 11.1 Å². The number of para-hydroxylation sites is 1. The van der Waals surface area contributed by atoms with Crippen molar-refractivity contribution in [2.24, 2.45) is 0 Å². The number of anilines is 2. The Bertz CT molecular complexity index is 2180. The van der Waals surface area contributed by atoms with Crippen molar-refractivity contribution in [3.05, 3.63) is 146 Å². The monoisotopic (exact) mass is 511 g/mol. The summed E-state index contributed by atoms with van der Waals surface area (Å²) in [5.74, 6) is 0. The van der Waals surface area contributed by atoms with E-state index in [1.807, 2.05) is 12.1 Å². The molecule has 1 aromatic heterocycles. The Kier molecular flexibility index (Phi) is 5.17. The van der Waals surface area contributed by atoms with E-state index in [9.17, 15) is 0 Å². The predicted molar refractivity (Wildman–Crippen MR) is 169 cm³/mol. The molecule has 7 aromatic carbocycles. The molecule has 40 heavy (non-hydrogen) atoms. The van der Waals surface area contributed by atoms with Gasteiger partial charge in [-0.1, -0.05) is 115 Å². The number of hydrogen-bond acceptors (Lipinski definition) is 2. The molecule has 0 unspecified atom stereocenters. The van der Waals surface area contributed by atoms with Crippen LogP contribution in [0.25, 0.3) is 65.7 Å². The molecule has 0 aliphatic heterocycles. The summed E-state index contributed by atoms with van der Waals surface area (Å²) in [5, 5.41) is 10.9. The van der Waals surface area contributed by atoms with Crippen molar-refractivity contribution < 1.29 is 4.42 Å². The minimum atomic E-state index is 0.888. The average molecular weight is 512 g/mol. The zero-order chi connectivity index (χ0) is 26.5. The second kappa shape index (κ2) is 9.14. The van der Waals surface area contributed by atoms with E-state index in [0.29, 0.717) is 0 Å². The van der Waals surface area contributed by atoms with Crippen molar-refractivity contribution in [1.82, 2.24) is 0 Å². The maximum absolute atomic E-state index is 6.54. The van der Waals surface area contributed by atoms with Gasteiger partial charge in [-0.3, -0.25) is 0 Å². The number of hydrogen-bond donors (Lipinski definition) is 1. The number of nitrogens with one attached hydrogen (secondary N) is 1. The third-order valence-electron chi connectivity index (χ3n) is 7.87. The van der Waals surface area contributed by atoms with Crippen LogP contribution in [0.4, 0.5) is 11.4 Å². The summed E-state index contributed by atoms with van der Waals surface area (Å²) in [7, 11) is 0. The molecular weight excluding hydrogens is 486 g/mol. The van der Waals surface area contributed by atoms with Gasteiger partial charge in [-0.2, -0.15) is 0 Å². The van der Waals surface area contributed by atoms with E-state index in [1.165, 1.54) is 38.2 Å². The van der Waals surface area contributed by atoms with E-state index in [0.717, 1.165) is 38.9 Å². The summed E-state index contributed by atoms with van der Waals surface area (Å²) in [4.78, 5) is 0. The first-order valence-electron chi connectivity index (χ1n) is 13.6. The van der Waals surface area contributed by atoms with E-state index in [2.05, 4.69) is 139 Å². The molecule has 0 bridgehead atoms. The molecule has 0 aliphatic rings. The molecule has 8 aromatic rings. The van der Waals surface area contributed by atoms with E-state index in [4.69, 9.17) is 4.42 Å². The van der Waals surface area contributed by atoms with Crippen LogP contribution in [0.5, 0.6) is 0 Å². The smallest absolute Gasteiger partial charge is 0.145 e. The van der Waals surface area contributed by atoms with Gasteiger partial charge in [0.25, 0.3) is 0 Å². The zero-order valence-electron chi connectivity index (χ0n) is 21.8. The third kappa shape index (κ3) is 3.65. The van der Waals surface area contributed by atoms with Crippen molar-refractivity contribution >= 4 is 54.9 Å². The van der Waals surface area contributed by atoms with Crippen LogP contribution < -0.4 is 5.32 Å². The fraction of sp³-hybridized carbons (Fsp3) is 0. The fourth-order valence-electron chi connectivity index (χ4n) is 5.97. The van der Waals surface area contributed by atoms with Crippen molar-refractivity contribution in [3.63, 3.8) is 0 Å². The molecule has 188 valence electrons. The molecule has 2 nitrogen and oxygen atoms in total. The molecule has 0 saturated heterocycles. The van der Waals surface area contributed by atoms with Crippen LogP contribution >= 0.6 is 0 Å². The second-order valence-corrected chi connectivity index (χ2v) is 10.2. The fourth-order valence-corrected chi connectivity index (χ4v) is 5.97. The second-order valence-electron chi connectivity index (χ2n) is 10.2. The number of benzene rings is 7. The molecule has 0 radical (unpaired) electrons. The molecule has 2 heteroatoms. The molecule has 1 N–H and O–H groups in total. The topological polar surface area (TPSA) is 25.2 Å². The minimum absolute atomic E-state index is 0.888. The van der Waals surface area contributed by atoms with Crippen LogP contribution in [0.1, 0.15) is 0 Å². The van der Waals surface area contributed by atoms with Gasteiger partial charge >= 0.3 is 0 Å². The first-order valence-corrected chi connectivity index (χ1v) is 13.6. The third-order valence-corrected chi connectivity index (χ3v) is 7.87. The van der Waals surface area contributed by atoms with Crippen molar-refractivity contribution in [2.45, 2.75) is 0 Å². The Balaban J connectivity index is 1.24. The summed E-state index contributed by atoms with van der Waals surface area (Å²) in [5.41, 5.74) is 8.57. The van der Waals surface area contributed by atoms with Crippen LogP contribution in [0.3, 0.4) is 0 Å². The molecule has 1 heterocycles. The van der Waals surface area contributed by atoms with Crippen LogP contribution in [-0.2, 0) is 0 Å². The van der Waals surface area contributed by atoms with Gasteiger partial charge in [0.15, 0.2) is 0 Å². The Labute approximate surface area is 232 Å². The van der Waals surface area contributed by atoms with E-state index >= 15 is 0 Å². The minimum Gasteiger partial charge on any atom is -0.455 e. The van der Waals surface area contributed by atoms with Crippen LogP contribution in [-0.4, -0.2) is 0 Å². The summed E-state index contributed by atoms with van der Waals surface area (Å²) in [6, 6.07) is 51.4. The summed E-state index contributed by atoms with van der Waals surface area (Å²) in [6.45, 7) is 0. The molecular formula is C38H25NO. The predicted octanol–water partition coefficient (Wildman–Crippen LogP) is 11.0. The highest BCUT2D eigenvalue weighted by molar-refractivity contribution is 6.17. The number of fused-ring (bicyclic) bond motifs is 5. The Morgan fingerprint density at radius 3 is 1.77 bits per heavy atom. The van der Waals surface area contributed by atoms with E-state index in [-0.39, 0.29) is 0 Å². The molecule has 8 rings (SSSR count). The normalized spacial score (nSPS) is 11.5. The first kappa shape index (κ1) is 22.6. The molecule has 0 spiro atoms. The lowest BCUT2D eigenvalue weighted by molar-refractivity contribution is 0.670. The van der Waals surface area contributed by atoms with Crippen molar-refractivity contribution in [2.75, 3.05) is 5.32 Å². The molecule has 0 aliphatic carbocycles. The van der Waals surface area contributed by atoms with Gasteiger partial charge < -0.3 is 9.73 Å². The number of rotatable bonds is 4. The maximum atomic E-state index is 6.54. The highest BCUT2D eigenvalue weighted by Crippen LogP contribution is 2.42. The van der Waals surface area contributed by atoms with Crippen LogP contribution in [0, 0.1) is 0 Å². The summed E-state index contributed by atoms with van der Waals surface area (Å²) < 4.78 is 6.54. The van der Waals surface area contributed by atoms with E-state index < -0.39 is 0 Å². The zero-order valence-corrected chi connectivity index (χ0v) is 21.8. The highest BCUT2D eigenvalue weighted by atomic mass is 16.3. The molecule has 0 saturated carbocycles. The Morgan fingerprint density at radius 1 is 0.425 bits per heavy atom. The SMILES string of the molecule is c1ccc2c(-c3ccc(Nc4ccc(-c5cccc6ccccc56)c5oc6ccccc6c45)cc3)cccc2c1. The van der Waals surface area contributed by atoms with Gasteiger partial charge in [-0.25, -0.2) is 0 Å². The largest absolute Gasteiger partial charge is 0.455 e. The van der Waals surface area contributed by atoms with E-state index in [1.54, 1.807) is 0 Å². The van der Waals surface area contributed by atoms with Crippen LogP contribution in [0.2, 0.25) is 0 Å². The lowest BCUT2D eigenvalue weighted by Gasteiger charge is -2.13. The molecule has 0 amide bonds. The van der Waals surface area contributed by atoms with Crippen molar-refractivity contribution in [1.29, 1.82) is 0 Å². The maximum Gasteiger partial charge on any atom is 0.145 e. The Hall–Kier alpha value is -5.34. The van der Waals surface area contributed by atoms with Crippen LogP contribution in [0.15, 0.2) is 150 Å². The van der Waals surface area contributed by atoms with Gasteiger partial charge in [0.2, 0.25) is 0 Å². The quantitative estimate of drug-likeness (QED) is 0.254. The lowest BCUT2D eigenvalue weighted by atomic mass is 9.96. The molecule has 0 atom stereocenters. The molecule has 0 fully saturated rings. The summed E-state index contributed by atoms with van der Waals surface area (Å²) in [6.07, 6.45) is 0. The first-order chi connectivity index (χ1) is 19.8. The van der Waals surface area contributed by atoms with Gasteiger partial charge in [-0.05, 0) is 68.6 Å². The average Bonchev–Trinajstić information content (AvgIpc) is 3.41. The Morgan fingerprint density at radius 2 is 1.02 bits per heavy atom. The lowest BCUT2D eigenvalue weighted by Crippen LogP contribution is -1.92. The highest BCUT2D eigenvalue weighted by Gasteiger charge is 2.17. The van der Waals surface area contributed by atoms with Crippen molar-refractivity contribution in [3.8, 4) is 22.3 Å². The van der Waals surface area contributed by atoms with Gasteiger partial charge in [0.1, 0.15) is 11.2 Å². The standard InChI is InChI=1S/C38H25NO/c1-3-13-29-25(9-1)11-7-16-30(29)27-19-21-28(22-20-27)39-35-24-23-33(32-17-8-12-26-10-2-4-14-31(26)32)38-37(35)34-15-5-6-18-36(34)40-38/h1-24,39H. The number of furan rings is 1. The summed E-state index contributed by atoms with van der Waals surface area (Å²) >= 11 is 0. The van der Waals surface area contributed by atoms with Gasteiger partial charge in [0, 0.05) is 16.6 Å².